The number of fused-ring (bicyclic) bond motifs is 1. The highest BCUT2D eigenvalue weighted by Gasteiger charge is 2.41. The third-order valence-electron chi connectivity index (χ3n) is 4.97. The molecule has 1 atom stereocenters. The van der Waals surface area contributed by atoms with Gasteiger partial charge in [0.05, 0.1) is 6.54 Å². The Balaban J connectivity index is 0.000000355. The Morgan fingerprint density at radius 2 is 1.58 bits per heavy atom. The molecule has 2 aliphatic rings. The van der Waals surface area contributed by atoms with E-state index in [-0.39, 0.29) is 37.6 Å². The summed E-state index contributed by atoms with van der Waals surface area (Å²) in [6.07, 6.45) is -0.183. The van der Waals surface area contributed by atoms with Gasteiger partial charge in [-0.2, -0.15) is 5.06 Å². The Hall–Kier alpha value is -3.43. The minimum Gasteiger partial charge on any atom is -0.508 e. The Bertz CT molecular complexity index is 897. The van der Waals surface area contributed by atoms with Crippen LogP contribution in [0.3, 0.4) is 0 Å². The van der Waals surface area contributed by atoms with Crippen molar-refractivity contribution in [1.82, 2.24) is 14.9 Å². The van der Waals surface area contributed by atoms with Crippen LogP contribution in [-0.4, -0.2) is 75.8 Å². The van der Waals surface area contributed by atoms with E-state index in [0.29, 0.717) is 25.4 Å². The van der Waals surface area contributed by atoms with Gasteiger partial charge in [0.15, 0.2) is 0 Å². The van der Waals surface area contributed by atoms with E-state index in [0.717, 1.165) is 11.5 Å². The van der Waals surface area contributed by atoms with E-state index in [9.17, 15) is 9.59 Å². The molecule has 0 saturated carbocycles. The zero-order valence-electron chi connectivity index (χ0n) is 21.8. The number of aromatic hydroxyl groups is 1. The first kappa shape index (κ1) is 30.6. The number of hydrogen-bond acceptors (Lipinski definition) is 6. The molecule has 2 heterocycles. The summed E-state index contributed by atoms with van der Waals surface area (Å²) in [7, 11) is 0. The summed E-state index contributed by atoms with van der Waals surface area (Å²) in [6, 6.07) is 17.0. The monoisotopic (exact) mass is 501 g/mol. The second kappa shape index (κ2) is 16.3. The lowest BCUT2D eigenvalue weighted by Gasteiger charge is -2.47. The third kappa shape index (κ3) is 10.9. The number of amides is 2. The number of phenols is 1. The van der Waals surface area contributed by atoms with Gasteiger partial charge < -0.3 is 20.0 Å². The van der Waals surface area contributed by atoms with Crippen LogP contribution in [-0.2, 0) is 25.8 Å². The average Bonchev–Trinajstić information content (AvgIpc) is 2.84. The van der Waals surface area contributed by atoms with Crippen molar-refractivity contribution in [1.29, 1.82) is 0 Å². The highest BCUT2D eigenvalue weighted by atomic mass is 16.7. The zero-order chi connectivity index (χ0) is 27.1. The van der Waals surface area contributed by atoms with E-state index in [1.54, 1.807) is 27.0 Å². The van der Waals surface area contributed by atoms with Crippen molar-refractivity contribution in [3.8, 4) is 5.75 Å². The quantitative estimate of drug-likeness (QED) is 0.619. The molecule has 198 valence electrons. The second-order valence-corrected chi connectivity index (χ2v) is 8.94. The molecule has 2 amide bonds. The Labute approximate surface area is 213 Å². The number of likely N-dealkylation sites (N-methyl/N-ethyl adjacent to an activating group) is 1. The number of carbonyl (C=O) groups excluding carboxylic acids is 2. The number of hydrogen-bond donors (Lipinski definition) is 2. The van der Waals surface area contributed by atoms with Crippen molar-refractivity contribution in [2.24, 2.45) is 5.92 Å². The maximum atomic E-state index is 12.3. The number of hydroxylamine groups is 2. The van der Waals surface area contributed by atoms with Gasteiger partial charge in [-0.05, 0) is 37.5 Å². The van der Waals surface area contributed by atoms with Gasteiger partial charge in [0.25, 0.3) is 12.4 Å². The van der Waals surface area contributed by atoms with Crippen molar-refractivity contribution in [2.75, 3.05) is 26.2 Å². The van der Waals surface area contributed by atoms with Crippen molar-refractivity contribution in [3.05, 3.63) is 65.7 Å². The molecule has 2 saturated heterocycles. The van der Waals surface area contributed by atoms with Crippen molar-refractivity contribution < 1.29 is 29.4 Å². The van der Waals surface area contributed by atoms with Gasteiger partial charge in [-0.15, -0.1) is 0 Å². The lowest BCUT2D eigenvalue weighted by Crippen LogP contribution is -2.66. The third-order valence-corrected chi connectivity index (χ3v) is 4.97. The molecule has 2 aromatic carbocycles. The first-order valence-corrected chi connectivity index (χ1v) is 12.0. The topological polar surface area (TPSA) is 111 Å². The van der Waals surface area contributed by atoms with Crippen LogP contribution in [0.15, 0.2) is 54.6 Å². The van der Waals surface area contributed by atoms with Gasteiger partial charge in [0, 0.05) is 13.1 Å². The Morgan fingerprint density at radius 3 is 2.08 bits per heavy atom. The van der Waals surface area contributed by atoms with Gasteiger partial charge in [-0.25, -0.2) is 0 Å². The smallest absolute Gasteiger partial charge is 0.290 e. The molecular weight excluding hydrogens is 462 g/mol. The molecule has 9 heteroatoms. The second-order valence-electron chi connectivity index (χ2n) is 8.94. The van der Waals surface area contributed by atoms with Crippen LogP contribution in [0.2, 0.25) is 0 Å². The molecule has 2 aromatic rings. The van der Waals surface area contributed by atoms with Gasteiger partial charge in [-0.1, -0.05) is 68.8 Å². The maximum Gasteiger partial charge on any atom is 0.290 e. The minimum atomic E-state index is -0.250. The van der Waals surface area contributed by atoms with E-state index < -0.39 is 0 Å². The van der Waals surface area contributed by atoms with E-state index in [1.165, 1.54) is 5.56 Å². The molecule has 0 bridgehead atoms. The minimum absolute atomic E-state index is 0.0126. The van der Waals surface area contributed by atoms with Crippen molar-refractivity contribution >= 4 is 18.3 Å². The average molecular weight is 502 g/mol. The number of carboxylic acid groups (broad SMARTS) is 1. The van der Waals surface area contributed by atoms with Crippen molar-refractivity contribution in [2.45, 2.75) is 47.3 Å². The zero-order valence-corrected chi connectivity index (χ0v) is 21.8. The standard InChI is InChI=1S/C15H19N3O3.C7H8O.C4H10.CH2O2/c1-2-18-13-9-16(8-12-6-4-3-5-7-12)14(19)10-17(13)15(20)11-21-18;1-6-2-4-7(8)5-3-6;1-4(2)3;2-1-3/h3-7,13H,2,8-11H2,1H3;2-5,8H,1H3;4H,1-3H3;1H,(H,2,3). The summed E-state index contributed by atoms with van der Waals surface area (Å²) in [6.45, 7) is 12.1. The van der Waals surface area contributed by atoms with Crippen LogP contribution < -0.4 is 0 Å². The Kier molecular flexibility index (Phi) is 13.8. The molecule has 0 aromatic heterocycles. The molecule has 4 rings (SSSR count). The fourth-order valence-electron chi connectivity index (χ4n) is 3.36. The lowest BCUT2D eigenvalue weighted by molar-refractivity contribution is -0.254. The number of rotatable bonds is 3. The molecule has 36 heavy (non-hydrogen) atoms. The predicted molar refractivity (Wildman–Crippen MR) is 138 cm³/mol. The molecular formula is C27H39N3O6. The molecule has 9 nitrogen and oxygen atoms in total. The van der Waals surface area contributed by atoms with E-state index in [1.807, 2.05) is 56.3 Å². The molecule has 0 spiro atoms. The van der Waals surface area contributed by atoms with Gasteiger partial charge in [-0.3, -0.25) is 19.2 Å². The largest absolute Gasteiger partial charge is 0.508 e. The summed E-state index contributed by atoms with van der Waals surface area (Å²) >= 11 is 0. The SMILES string of the molecule is CC(C)C.CCN1OCC(=O)N2CC(=O)N(Cc3ccccc3)CC12.Cc1ccc(O)cc1.O=CO. The van der Waals surface area contributed by atoms with Crippen LogP contribution in [0.4, 0.5) is 0 Å². The molecule has 2 aliphatic heterocycles. The highest BCUT2D eigenvalue weighted by Crippen LogP contribution is 2.21. The number of benzene rings is 2. The number of carbonyl (C=O) groups is 3. The van der Waals surface area contributed by atoms with Crippen molar-refractivity contribution in [3.63, 3.8) is 0 Å². The summed E-state index contributed by atoms with van der Waals surface area (Å²) in [5.41, 5.74) is 2.26. The first-order valence-electron chi connectivity index (χ1n) is 12.0. The number of aryl methyl sites for hydroxylation is 1. The lowest BCUT2D eigenvalue weighted by atomic mass is 10.1. The van der Waals surface area contributed by atoms with Gasteiger partial charge >= 0.3 is 0 Å². The molecule has 0 aliphatic carbocycles. The van der Waals surface area contributed by atoms with Gasteiger partial charge in [0.2, 0.25) is 5.91 Å². The van der Waals surface area contributed by atoms with E-state index in [4.69, 9.17) is 19.8 Å². The normalized spacial score (nSPS) is 17.0. The van der Waals surface area contributed by atoms with Gasteiger partial charge in [0.1, 0.15) is 25.1 Å². The summed E-state index contributed by atoms with van der Waals surface area (Å²) in [5, 5.41) is 17.4. The number of piperazine rings is 1. The van der Waals surface area contributed by atoms with Crippen LogP contribution in [0, 0.1) is 12.8 Å². The Morgan fingerprint density at radius 1 is 1.03 bits per heavy atom. The fourth-order valence-corrected chi connectivity index (χ4v) is 3.36. The molecule has 0 radical (unpaired) electrons. The fraction of sp³-hybridized carbons (Fsp3) is 0.444. The summed E-state index contributed by atoms with van der Waals surface area (Å²) in [4.78, 5) is 41.4. The predicted octanol–water partition coefficient (Wildman–Crippen LogP) is 3.51. The van der Waals surface area contributed by atoms with Crippen LogP contribution in [0.1, 0.15) is 38.8 Å². The van der Waals surface area contributed by atoms with E-state index in [2.05, 4.69) is 20.8 Å². The molecule has 2 fully saturated rings. The van der Waals surface area contributed by atoms with Crippen LogP contribution >= 0.6 is 0 Å². The van der Waals surface area contributed by atoms with Crippen LogP contribution in [0.5, 0.6) is 5.75 Å². The molecule has 2 N–H and O–H groups in total. The molecule has 1 unspecified atom stereocenters. The number of nitrogens with zero attached hydrogens (tertiary/aromatic N) is 3. The number of phenolic OH excluding ortho intramolecular Hbond substituents is 1. The summed E-state index contributed by atoms with van der Waals surface area (Å²) in [5.74, 6) is 1.04. The van der Waals surface area contributed by atoms with Crippen LogP contribution in [0.25, 0.3) is 0 Å². The van der Waals surface area contributed by atoms with E-state index >= 15 is 0 Å². The maximum absolute atomic E-state index is 12.3. The first-order chi connectivity index (χ1) is 17.1. The highest BCUT2D eigenvalue weighted by molar-refractivity contribution is 5.87. The summed E-state index contributed by atoms with van der Waals surface area (Å²) < 4.78 is 0.